The lowest BCUT2D eigenvalue weighted by molar-refractivity contribution is 0.0992. The maximum Gasteiger partial charge on any atom is 0.250 e. The van der Waals surface area contributed by atoms with Crippen LogP contribution in [-0.4, -0.2) is 31.8 Å². The Kier molecular flexibility index (Phi) is 4.75. The van der Waals surface area contributed by atoms with Gasteiger partial charge in [0.1, 0.15) is 17.5 Å². The molecule has 9 nitrogen and oxygen atoms in total. The zero-order chi connectivity index (χ0) is 19.6. The highest BCUT2D eigenvalue weighted by Gasteiger charge is 2.15. The fourth-order valence-electron chi connectivity index (χ4n) is 2.55. The summed E-state index contributed by atoms with van der Waals surface area (Å²) in [5.41, 5.74) is 12.8. The number of nitrogens with zero attached hydrogens (tertiary/aromatic N) is 4. The zero-order valence-corrected chi connectivity index (χ0v) is 14.7. The summed E-state index contributed by atoms with van der Waals surface area (Å²) >= 11 is 0. The van der Waals surface area contributed by atoms with Crippen LogP contribution in [0.15, 0.2) is 36.8 Å². The van der Waals surface area contributed by atoms with E-state index in [1.54, 1.807) is 44.4 Å². The molecule has 3 rings (SSSR count). The molecule has 0 bridgehead atoms. The Morgan fingerprint density at radius 2 is 1.67 bits per heavy atom. The number of hydrogen-bond acceptors (Lipinski definition) is 7. The van der Waals surface area contributed by atoms with Gasteiger partial charge in [0, 0.05) is 29.7 Å². The van der Waals surface area contributed by atoms with E-state index in [4.69, 9.17) is 11.5 Å². The molecule has 27 heavy (non-hydrogen) atoms. The molecule has 3 heterocycles. The number of rotatable bonds is 5. The molecular weight excluding hydrogens is 346 g/mol. The van der Waals surface area contributed by atoms with Gasteiger partial charge in [-0.3, -0.25) is 14.6 Å². The van der Waals surface area contributed by atoms with Crippen LogP contribution in [-0.2, 0) is 0 Å². The monoisotopic (exact) mass is 363 g/mol. The summed E-state index contributed by atoms with van der Waals surface area (Å²) in [4.78, 5) is 40.1. The van der Waals surface area contributed by atoms with Crippen molar-refractivity contribution >= 4 is 23.5 Å². The molecule has 9 heteroatoms. The van der Waals surface area contributed by atoms with Gasteiger partial charge in [-0.05, 0) is 32.0 Å². The van der Waals surface area contributed by atoms with Crippen molar-refractivity contribution in [1.29, 1.82) is 0 Å². The number of carbonyl (C=O) groups excluding carboxylic acids is 2. The Labute approximate surface area is 154 Å². The zero-order valence-electron chi connectivity index (χ0n) is 14.7. The van der Waals surface area contributed by atoms with Crippen LogP contribution >= 0.6 is 0 Å². The van der Waals surface area contributed by atoms with Crippen LogP contribution in [0.5, 0.6) is 0 Å². The largest absolute Gasteiger partial charge is 0.366 e. The van der Waals surface area contributed by atoms with Gasteiger partial charge in [-0.15, -0.1) is 0 Å². The third kappa shape index (κ3) is 3.87. The van der Waals surface area contributed by atoms with E-state index in [0.29, 0.717) is 34.3 Å². The number of nitrogens with one attached hydrogen (secondary N) is 1. The van der Waals surface area contributed by atoms with Crippen LogP contribution < -0.4 is 16.8 Å². The number of amides is 2. The number of nitrogens with two attached hydrogens (primary N) is 2. The van der Waals surface area contributed by atoms with E-state index in [2.05, 4.69) is 25.3 Å². The number of pyridine rings is 2. The Hall–Kier alpha value is -3.88. The highest BCUT2D eigenvalue weighted by atomic mass is 16.1. The smallest absolute Gasteiger partial charge is 0.250 e. The molecule has 0 saturated carbocycles. The minimum Gasteiger partial charge on any atom is -0.366 e. The topological polar surface area (TPSA) is 150 Å². The normalized spacial score (nSPS) is 10.4. The summed E-state index contributed by atoms with van der Waals surface area (Å²) in [5.74, 6) is 0.333. The van der Waals surface area contributed by atoms with Gasteiger partial charge in [-0.25, -0.2) is 15.0 Å². The molecule has 0 aromatic carbocycles. The Morgan fingerprint density at radius 1 is 0.926 bits per heavy atom. The average Bonchev–Trinajstić information content (AvgIpc) is 2.61. The summed E-state index contributed by atoms with van der Waals surface area (Å²) in [6, 6.07) is 4.90. The summed E-state index contributed by atoms with van der Waals surface area (Å²) in [6.07, 6.45) is 4.52. The van der Waals surface area contributed by atoms with Crippen molar-refractivity contribution in [2.24, 2.45) is 11.5 Å². The van der Waals surface area contributed by atoms with Gasteiger partial charge in [0.15, 0.2) is 0 Å². The molecule has 0 aliphatic carbocycles. The lowest BCUT2D eigenvalue weighted by atomic mass is 10.00. The highest BCUT2D eigenvalue weighted by molar-refractivity contribution is 6.01. The quantitative estimate of drug-likeness (QED) is 0.621. The van der Waals surface area contributed by atoms with Gasteiger partial charge in [-0.1, -0.05) is 0 Å². The molecule has 0 unspecified atom stereocenters. The van der Waals surface area contributed by atoms with Gasteiger partial charge in [-0.2, -0.15) is 0 Å². The third-order valence-electron chi connectivity index (χ3n) is 3.86. The molecule has 3 aromatic heterocycles. The molecule has 0 aliphatic rings. The first-order valence-electron chi connectivity index (χ1n) is 7.98. The van der Waals surface area contributed by atoms with E-state index < -0.39 is 11.8 Å². The highest BCUT2D eigenvalue weighted by Crippen LogP contribution is 2.27. The predicted octanol–water partition coefficient (Wildman–Crippen LogP) is 1.49. The van der Waals surface area contributed by atoms with Crippen LogP contribution in [0.2, 0.25) is 0 Å². The fraction of sp³-hybridized carbons (Fsp3) is 0.111. The fourth-order valence-corrected chi connectivity index (χ4v) is 2.55. The standard InChI is InChI=1S/C18H17N7O2/c1-9-12(17(19)26)5-11(7-22-9)13-6-16(23-8-14(13)18(20)27)25-15-3-4-21-10(2)24-15/h3-8H,1-2H3,(H2,19,26)(H2,20,27)(H,21,23,24,25). The molecule has 5 N–H and O–H groups in total. The van der Waals surface area contributed by atoms with E-state index in [-0.39, 0.29) is 11.1 Å². The molecular formula is C18H17N7O2. The van der Waals surface area contributed by atoms with Crippen LogP contribution in [0, 0.1) is 13.8 Å². The van der Waals surface area contributed by atoms with Gasteiger partial charge in [0.2, 0.25) is 0 Å². The van der Waals surface area contributed by atoms with Crippen molar-refractivity contribution in [2.45, 2.75) is 13.8 Å². The van der Waals surface area contributed by atoms with E-state index in [1.807, 2.05) is 0 Å². The first kappa shape index (κ1) is 17.9. The third-order valence-corrected chi connectivity index (χ3v) is 3.86. The first-order valence-corrected chi connectivity index (χ1v) is 7.98. The number of primary amides is 2. The maximum atomic E-state index is 11.8. The maximum absolute atomic E-state index is 11.8. The molecule has 0 saturated heterocycles. The van der Waals surface area contributed by atoms with Crippen molar-refractivity contribution in [3.05, 3.63) is 59.4 Å². The van der Waals surface area contributed by atoms with Crippen molar-refractivity contribution in [3.8, 4) is 11.1 Å². The number of aryl methyl sites for hydroxylation is 2. The van der Waals surface area contributed by atoms with Crippen LogP contribution in [0.25, 0.3) is 11.1 Å². The molecule has 0 fully saturated rings. The van der Waals surface area contributed by atoms with Gasteiger partial charge in [0.05, 0.1) is 16.8 Å². The molecule has 3 aromatic rings. The molecule has 136 valence electrons. The summed E-state index contributed by atoms with van der Waals surface area (Å²) in [7, 11) is 0. The Bertz CT molecular complexity index is 1050. The lowest BCUT2D eigenvalue weighted by Crippen LogP contribution is -2.15. The van der Waals surface area contributed by atoms with Gasteiger partial charge < -0.3 is 16.8 Å². The van der Waals surface area contributed by atoms with Crippen LogP contribution in [0.4, 0.5) is 11.6 Å². The molecule has 0 radical (unpaired) electrons. The van der Waals surface area contributed by atoms with Crippen molar-refractivity contribution in [2.75, 3.05) is 5.32 Å². The van der Waals surface area contributed by atoms with Crippen LogP contribution in [0.1, 0.15) is 32.2 Å². The SMILES string of the molecule is Cc1nccc(Nc2cc(-c3cnc(C)c(C(N)=O)c3)c(C(N)=O)cn2)n1. The number of aromatic nitrogens is 4. The van der Waals surface area contributed by atoms with E-state index >= 15 is 0 Å². The minimum atomic E-state index is -0.650. The van der Waals surface area contributed by atoms with Gasteiger partial charge >= 0.3 is 0 Å². The number of hydrogen-bond donors (Lipinski definition) is 3. The molecule has 0 aliphatic heterocycles. The van der Waals surface area contributed by atoms with E-state index in [1.165, 1.54) is 6.20 Å². The second-order valence-corrected chi connectivity index (χ2v) is 5.81. The number of anilines is 2. The average molecular weight is 363 g/mol. The molecule has 0 spiro atoms. The first-order chi connectivity index (χ1) is 12.8. The summed E-state index contributed by atoms with van der Waals surface area (Å²) in [6.45, 7) is 3.44. The Morgan fingerprint density at radius 3 is 2.33 bits per heavy atom. The van der Waals surface area contributed by atoms with Crippen molar-refractivity contribution in [1.82, 2.24) is 19.9 Å². The van der Waals surface area contributed by atoms with E-state index in [0.717, 1.165) is 0 Å². The molecule has 0 atom stereocenters. The number of carbonyl (C=O) groups is 2. The van der Waals surface area contributed by atoms with Crippen molar-refractivity contribution < 1.29 is 9.59 Å². The Balaban J connectivity index is 2.09. The van der Waals surface area contributed by atoms with Gasteiger partial charge in [0.25, 0.3) is 11.8 Å². The summed E-state index contributed by atoms with van der Waals surface area (Å²) < 4.78 is 0. The van der Waals surface area contributed by atoms with E-state index in [9.17, 15) is 9.59 Å². The predicted molar refractivity (Wildman–Crippen MR) is 99.3 cm³/mol. The lowest BCUT2D eigenvalue weighted by Gasteiger charge is -2.12. The summed E-state index contributed by atoms with van der Waals surface area (Å²) in [5, 5.41) is 3.04. The molecule has 2 amide bonds. The van der Waals surface area contributed by atoms with Crippen LogP contribution in [0.3, 0.4) is 0 Å². The van der Waals surface area contributed by atoms with Crippen molar-refractivity contribution in [3.63, 3.8) is 0 Å². The second kappa shape index (κ2) is 7.16. The second-order valence-electron chi connectivity index (χ2n) is 5.81. The minimum absolute atomic E-state index is 0.195.